The minimum atomic E-state index is 0.205. The van der Waals surface area contributed by atoms with E-state index in [2.05, 4.69) is 28.9 Å². The molecular weight excluding hydrogens is 196 g/mol. The molecule has 0 saturated carbocycles. The molecule has 80 valence electrons. The maximum Gasteiger partial charge on any atom is 0.0669 e. The topological polar surface area (TPSA) is 63.8 Å². The van der Waals surface area contributed by atoms with Gasteiger partial charge in [-0.15, -0.1) is 5.10 Å². The zero-order valence-corrected chi connectivity index (χ0v) is 9.55. The maximum atomic E-state index is 5.51. The summed E-state index contributed by atoms with van der Waals surface area (Å²) in [6.07, 6.45) is 5.30. The van der Waals surface area contributed by atoms with E-state index in [0.29, 0.717) is 5.92 Å². The minimum absolute atomic E-state index is 0.205. The first-order valence-corrected chi connectivity index (χ1v) is 5.78. The molecule has 0 spiro atoms. The van der Waals surface area contributed by atoms with Crippen LogP contribution in [0.15, 0.2) is 6.20 Å². The fourth-order valence-electron chi connectivity index (χ4n) is 1.61. The third-order valence-corrected chi connectivity index (χ3v) is 3.12. The van der Waals surface area contributed by atoms with Crippen LogP contribution in [0.25, 0.3) is 0 Å². The number of aromatic nitrogens is 2. The lowest BCUT2D eigenvalue weighted by atomic mass is 9.97. The van der Waals surface area contributed by atoms with Gasteiger partial charge in [-0.2, -0.15) is 0 Å². The fraction of sp³-hybridized carbons (Fsp3) is 0.778. The lowest BCUT2D eigenvalue weighted by Gasteiger charge is -2.17. The maximum absolute atomic E-state index is 5.51. The average molecular weight is 214 g/mol. The van der Waals surface area contributed by atoms with Gasteiger partial charge in [0.2, 0.25) is 0 Å². The number of hydrazine groups is 1. The van der Waals surface area contributed by atoms with Gasteiger partial charge >= 0.3 is 0 Å². The van der Waals surface area contributed by atoms with Crippen molar-refractivity contribution in [3.63, 3.8) is 0 Å². The molecule has 0 fully saturated rings. The Balaban J connectivity index is 2.47. The molecule has 0 radical (unpaired) electrons. The predicted octanol–water partition coefficient (Wildman–Crippen LogP) is 1.87. The molecule has 0 saturated heterocycles. The van der Waals surface area contributed by atoms with Crippen LogP contribution in [-0.4, -0.2) is 9.59 Å². The Morgan fingerprint density at radius 3 is 2.93 bits per heavy atom. The number of hydrogen-bond donors (Lipinski definition) is 2. The van der Waals surface area contributed by atoms with Crippen LogP contribution in [0.2, 0.25) is 0 Å². The lowest BCUT2D eigenvalue weighted by molar-refractivity contribution is 0.398. The normalized spacial score (nSPS) is 15.4. The van der Waals surface area contributed by atoms with Crippen molar-refractivity contribution < 1.29 is 0 Å². The first-order valence-electron chi connectivity index (χ1n) is 5.01. The second kappa shape index (κ2) is 6.06. The van der Waals surface area contributed by atoms with Crippen molar-refractivity contribution in [3.8, 4) is 0 Å². The van der Waals surface area contributed by atoms with Gasteiger partial charge in [-0.05, 0) is 23.9 Å². The van der Waals surface area contributed by atoms with Gasteiger partial charge in [0.15, 0.2) is 0 Å². The first kappa shape index (κ1) is 11.6. The van der Waals surface area contributed by atoms with Crippen LogP contribution in [0, 0.1) is 5.92 Å². The van der Waals surface area contributed by atoms with Crippen molar-refractivity contribution in [2.75, 3.05) is 0 Å². The van der Waals surface area contributed by atoms with E-state index < -0.39 is 0 Å². The Morgan fingerprint density at radius 2 is 2.43 bits per heavy atom. The lowest BCUT2D eigenvalue weighted by Crippen LogP contribution is -2.28. The summed E-state index contributed by atoms with van der Waals surface area (Å²) in [6.45, 7) is 4.46. The average Bonchev–Trinajstić information content (AvgIpc) is 2.67. The second-order valence-electron chi connectivity index (χ2n) is 3.67. The van der Waals surface area contributed by atoms with Crippen LogP contribution >= 0.6 is 11.5 Å². The van der Waals surface area contributed by atoms with E-state index in [1.807, 2.05) is 0 Å². The monoisotopic (exact) mass is 214 g/mol. The number of nitrogens with two attached hydrogens (primary N) is 1. The summed E-state index contributed by atoms with van der Waals surface area (Å²) in [4.78, 5) is 1.12. The van der Waals surface area contributed by atoms with Crippen LogP contribution < -0.4 is 11.3 Å². The van der Waals surface area contributed by atoms with E-state index in [1.165, 1.54) is 24.4 Å². The van der Waals surface area contributed by atoms with E-state index in [1.54, 1.807) is 6.20 Å². The SMILES string of the molecule is CCCC(C)CC(NN)c1cnns1. The molecule has 5 heteroatoms. The van der Waals surface area contributed by atoms with Crippen LogP contribution in [0.1, 0.15) is 44.0 Å². The highest BCUT2D eigenvalue weighted by atomic mass is 32.1. The zero-order valence-electron chi connectivity index (χ0n) is 8.73. The summed E-state index contributed by atoms with van der Waals surface area (Å²) in [5.41, 5.74) is 2.82. The van der Waals surface area contributed by atoms with E-state index in [9.17, 15) is 0 Å². The molecule has 0 aliphatic rings. The molecule has 2 atom stereocenters. The second-order valence-corrected chi connectivity index (χ2v) is 4.49. The summed E-state index contributed by atoms with van der Waals surface area (Å²) in [5, 5.41) is 3.82. The third-order valence-electron chi connectivity index (χ3n) is 2.34. The molecular formula is C9H18N4S. The van der Waals surface area contributed by atoms with Crippen molar-refractivity contribution >= 4 is 11.5 Å². The first-order chi connectivity index (χ1) is 6.77. The molecule has 1 heterocycles. The molecule has 0 aliphatic carbocycles. The molecule has 1 rings (SSSR count). The van der Waals surface area contributed by atoms with Crippen molar-refractivity contribution in [1.82, 2.24) is 15.0 Å². The highest BCUT2D eigenvalue weighted by Gasteiger charge is 2.15. The molecule has 2 unspecified atom stereocenters. The standard InChI is InChI=1S/C9H18N4S/c1-3-4-7(2)5-8(12-10)9-6-11-13-14-9/h6-8,12H,3-5,10H2,1-2H3. The molecule has 0 amide bonds. The van der Waals surface area contributed by atoms with Crippen molar-refractivity contribution in [2.24, 2.45) is 11.8 Å². The molecule has 0 bridgehead atoms. The zero-order chi connectivity index (χ0) is 10.4. The molecule has 14 heavy (non-hydrogen) atoms. The number of rotatable bonds is 6. The van der Waals surface area contributed by atoms with E-state index in [4.69, 9.17) is 5.84 Å². The largest absolute Gasteiger partial charge is 0.271 e. The highest BCUT2D eigenvalue weighted by Crippen LogP contribution is 2.24. The molecule has 4 nitrogen and oxygen atoms in total. The van der Waals surface area contributed by atoms with Gasteiger partial charge in [-0.3, -0.25) is 11.3 Å². The summed E-state index contributed by atoms with van der Waals surface area (Å²) in [7, 11) is 0. The summed E-state index contributed by atoms with van der Waals surface area (Å²) < 4.78 is 3.84. The smallest absolute Gasteiger partial charge is 0.0669 e. The van der Waals surface area contributed by atoms with Gasteiger partial charge in [-0.25, -0.2) is 0 Å². The Bertz CT molecular complexity index is 237. The molecule has 0 aromatic carbocycles. The van der Waals surface area contributed by atoms with Gasteiger partial charge in [0.25, 0.3) is 0 Å². The van der Waals surface area contributed by atoms with Crippen molar-refractivity contribution in [3.05, 3.63) is 11.1 Å². The van der Waals surface area contributed by atoms with E-state index >= 15 is 0 Å². The third kappa shape index (κ3) is 3.32. The van der Waals surface area contributed by atoms with Crippen LogP contribution in [0.4, 0.5) is 0 Å². The Hall–Kier alpha value is -0.520. The fourth-order valence-corrected chi connectivity index (χ4v) is 2.18. The van der Waals surface area contributed by atoms with Crippen LogP contribution in [-0.2, 0) is 0 Å². The van der Waals surface area contributed by atoms with Crippen molar-refractivity contribution in [1.29, 1.82) is 0 Å². The quantitative estimate of drug-likeness (QED) is 0.560. The Kier molecular flexibility index (Phi) is 5.00. The van der Waals surface area contributed by atoms with E-state index in [-0.39, 0.29) is 6.04 Å². The molecule has 0 aliphatic heterocycles. The molecule has 1 aromatic rings. The van der Waals surface area contributed by atoms with Gasteiger partial charge in [0.05, 0.1) is 17.1 Å². The Morgan fingerprint density at radius 1 is 1.64 bits per heavy atom. The highest BCUT2D eigenvalue weighted by molar-refractivity contribution is 7.05. The van der Waals surface area contributed by atoms with E-state index in [0.717, 1.165) is 11.3 Å². The van der Waals surface area contributed by atoms with Crippen molar-refractivity contribution in [2.45, 2.75) is 39.2 Å². The van der Waals surface area contributed by atoms with Gasteiger partial charge < -0.3 is 0 Å². The van der Waals surface area contributed by atoms with Gasteiger partial charge in [0, 0.05) is 0 Å². The number of nitrogens with one attached hydrogen (secondary N) is 1. The van der Waals surface area contributed by atoms with Gasteiger partial charge in [0.1, 0.15) is 0 Å². The summed E-state index contributed by atoms with van der Waals surface area (Å²) in [5.74, 6) is 6.19. The summed E-state index contributed by atoms with van der Waals surface area (Å²) >= 11 is 1.41. The van der Waals surface area contributed by atoms with Gasteiger partial charge in [-0.1, -0.05) is 31.2 Å². The van der Waals surface area contributed by atoms with Crippen LogP contribution in [0.5, 0.6) is 0 Å². The molecule has 1 aromatic heterocycles. The van der Waals surface area contributed by atoms with Crippen LogP contribution in [0.3, 0.4) is 0 Å². The predicted molar refractivity (Wildman–Crippen MR) is 58.7 cm³/mol. The number of nitrogens with zero attached hydrogens (tertiary/aromatic N) is 2. The Labute approximate surface area is 89.0 Å². The molecule has 3 N–H and O–H groups in total. The summed E-state index contributed by atoms with van der Waals surface area (Å²) in [6, 6.07) is 0.205. The minimum Gasteiger partial charge on any atom is -0.271 e. The number of hydrogen-bond acceptors (Lipinski definition) is 5.